The quantitative estimate of drug-likeness (QED) is 0.905. The molecule has 0 aromatic carbocycles. The molecule has 2 aromatic rings. The summed E-state index contributed by atoms with van der Waals surface area (Å²) >= 11 is 0. The van der Waals surface area contributed by atoms with Crippen molar-refractivity contribution in [2.75, 3.05) is 20.1 Å². The Labute approximate surface area is 120 Å². The second kappa shape index (κ2) is 6.32. The van der Waals surface area contributed by atoms with Gasteiger partial charge in [0.1, 0.15) is 0 Å². The number of imidazole rings is 1. The minimum absolute atomic E-state index is 0. The van der Waals surface area contributed by atoms with Crippen LogP contribution in [0, 0.1) is 5.41 Å². The molecule has 0 aliphatic carbocycles. The first kappa shape index (κ1) is 15.9. The van der Waals surface area contributed by atoms with E-state index in [9.17, 15) is 0 Å². The molecule has 0 atom stereocenters. The lowest BCUT2D eigenvalue weighted by molar-refractivity contribution is 0.208. The van der Waals surface area contributed by atoms with Crippen LogP contribution in [0.5, 0.6) is 0 Å². The Morgan fingerprint density at radius 2 is 2.16 bits per heavy atom. The maximum Gasteiger partial charge on any atom is 0.233 e. The number of halogens is 1. The summed E-state index contributed by atoms with van der Waals surface area (Å²) in [6.45, 7) is 6.80. The fourth-order valence-corrected chi connectivity index (χ4v) is 2.08. The summed E-state index contributed by atoms with van der Waals surface area (Å²) in [6.07, 6.45) is 5.74. The second-order valence-corrected chi connectivity index (χ2v) is 5.60. The zero-order valence-corrected chi connectivity index (χ0v) is 12.5. The Bertz CT molecular complexity index is 489. The molecule has 0 spiro atoms. The average molecular weight is 284 g/mol. The van der Waals surface area contributed by atoms with Gasteiger partial charge in [-0.05, 0) is 25.1 Å². The number of aromatic nitrogens is 3. The minimum atomic E-state index is 0. The van der Waals surface area contributed by atoms with Crippen LogP contribution in [0.1, 0.15) is 19.5 Å². The summed E-state index contributed by atoms with van der Waals surface area (Å²) in [5.74, 6) is 0.749. The zero-order valence-electron chi connectivity index (χ0n) is 11.7. The van der Waals surface area contributed by atoms with E-state index >= 15 is 0 Å². The van der Waals surface area contributed by atoms with Gasteiger partial charge in [-0.25, -0.2) is 9.97 Å². The van der Waals surface area contributed by atoms with E-state index in [4.69, 9.17) is 5.73 Å². The van der Waals surface area contributed by atoms with Crippen molar-refractivity contribution in [2.24, 2.45) is 11.1 Å². The molecule has 2 heterocycles. The summed E-state index contributed by atoms with van der Waals surface area (Å²) in [5.41, 5.74) is 6.92. The van der Waals surface area contributed by atoms with Gasteiger partial charge < -0.3 is 5.73 Å². The molecule has 0 amide bonds. The molecule has 2 N–H and O–H groups in total. The Balaban J connectivity index is 0.00000180. The third-order valence-electron chi connectivity index (χ3n) is 2.97. The molecule has 6 heteroatoms. The lowest BCUT2D eigenvalue weighted by Gasteiger charge is -2.28. The van der Waals surface area contributed by atoms with Gasteiger partial charge in [-0.3, -0.25) is 9.30 Å². The molecule has 0 aliphatic rings. The van der Waals surface area contributed by atoms with Gasteiger partial charge in [-0.15, -0.1) is 12.4 Å². The molecule has 0 fully saturated rings. The highest BCUT2D eigenvalue weighted by molar-refractivity contribution is 5.85. The van der Waals surface area contributed by atoms with Crippen LogP contribution in [0.4, 0.5) is 0 Å². The normalized spacial score (nSPS) is 11.8. The van der Waals surface area contributed by atoms with Crippen molar-refractivity contribution >= 4 is 18.2 Å². The maximum absolute atomic E-state index is 5.75. The van der Waals surface area contributed by atoms with Crippen LogP contribution in [-0.4, -0.2) is 39.4 Å². The van der Waals surface area contributed by atoms with Crippen LogP contribution in [-0.2, 0) is 6.54 Å². The van der Waals surface area contributed by atoms with E-state index in [1.807, 2.05) is 22.9 Å². The number of fused-ring (bicyclic) bond motifs is 1. The van der Waals surface area contributed by atoms with Gasteiger partial charge in [0.05, 0.1) is 5.69 Å². The highest BCUT2D eigenvalue weighted by Crippen LogP contribution is 2.15. The molecule has 2 aromatic heterocycles. The van der Waals surface area contributed by atoms with Crippen molar-refractivity contribution in [1.29, 1.82) is 0 Å². The molecule has 106 valence electrons. The van der Waals surface area contributed by atoms with E-state index < -0.39 is 0 Å². The van der Waals surface area contributed by atoms with Gasteiger partial charge in [-0.1, -0.05) is 13.8 Å². The number of nitrogens with zero attached hydrogens (tertiary/aromatic N) is 4. The SMILES string of the molecule is CN(Cc1cn2cccnc2n1)CC(C)(C)CN.Cl. The molecule has 0 saturated heterocycles. The third kappa shape index (κ3) is 4.16. The summed E-state index contributed by atoms with van der Waals surface area (Å²) in [7, 11) is 2.09. The Morgan fingerprint density at radius 1 is 1.42 bits per heavy atom. The molecule has 19 heavy (non-hydrogen) atoms. The predicted molar refractivity (Wildman–Crippen MR) is 79.4 cm³/mol. The van der Waals surface area contributed by atoms with Gasteiger partial charge in [0.2, 0.25) is 5.78 Å². The largest absolute Gasteiger partial charge is 0.330 e. The molecular weight excluding hydrogens is 262 g/mol. The van der Waals surface area contributed by atoms with Crippen molar-refractivity contribution in [3.05, 3.63) is 30.4 Å². The fraction of sp³-hybridized carbons (Fsp3) is 0.538. The Morgan fingerprint density at radius 3 is 2.79 bits per heavy atom. The van der Waals surface area contributed by atoms with Crippen molar-refractivity contribution in [2.45, 2.75) is 20.4 Å². The van der Waals surface area contributed by atoms with Crippen molar-refractivity contribution < 1.29 is 0 Å². The van der Waals surface area contributed by atoms with Gasteiger partial charge in [0.15, 0.2) is 0 Å². The number of hydrogen-bond donors (Lipinski definition) is 1. The summed E-state index contributed by atoms with van der Waals surface area (Å²) < 4.78 is 1.94. The van der Waals surface area contributed by atoms with Gasteiger partial charge in [0, 0.05) is 31.7 Å². The van der Waals surface area contributed by atoms with Crippen molar-refractivity contribution in [1.82, 2.24) is 19.3 Å². The smallest absolute Gasteiger partial charge is 0.233 e. The van der Waals surface area contributed by atoms with E-state index in [1.54, 1.807) is 6.20 Å². The van der Waals surface area contributed by atoms with E-state index in [-0.39, 0.29) is 17.8 Å². The fourth-order valence-electron chi connectivity index (χ4n) is 2.08. The zero-order chi connectivity index (χ0) is 13.2. The lowest BCUT2D eigenvalue weighted by atomic mass is 9.93. The minimum Gasteiger partial charge on any atom is -0.330 e. The van der Waals surface area contributed by atoms with Crippen LogP contribution in [0.15, 0.2) is 24.7 Å². The monoisotopic (exact) mass is 283 g/mol. The summed E-state index contributed by atoms with van der Waals surface area (Å²) in [6, 6.07) is 1.90. The van der Waals surface area contributed by atoms with Crippen LogP contribution >= 0.6 is 12.4 Å². The van der Waals surface area contributed by atoms with E-state index in [0.717, 1.165) is 24.6 Å². The number of hydrogen-bond acceptors (Lipinski definition) is 4. The Hall–Kier alpha value is -1.17. The van der Waals surface area contributed by atoms with Crippen molar-refractivity contribution in [3.63, 3.8) is 0 Å². The van der Waals surface area contributed by atoms with Crippen LogP contribution in [0.25, 0.3) is 5.78 Å². The van der Waals surface area contributed by atoms with Crippen LogP contribution in [0.3, 0.4) is 0 Å². The van der Waals surface area contributed by atoms with E-state index in [2.05, 4.69) is 35.8 Å². The molecule has 0 aliphatic heterocycles. The van der Waals surface area contributed by atoms with Gasteiger partial charge >= 0.3 is 0 Å². The standard InChI is InChI=1S/C13H21N5.ClH/c1-13(2,9-14)10-17(3)7-11-8-18-6-4-5-15-12(18)16-11;/h4-6,8H,7,9-10,14H2,1-3H3;1H. The highest BCUT2D eigenvalue weighted by Gasteiger charge is 2.18. The van der Waals surface area contributed by atoms with E-state index in [1.165, 1.54) is 0 Å². The third-order valence-corrected chi connectivity index (χ3v) is 2.97. The van der Waals surface area contributed by atoms with Gasteiger partial charge in [0.25, 0.3) is 0 Å². The van der Waals surface area contributed by atoms with Gasteiger partial charge in [-0.2, -0.15) is 0 Å². The maximum atomic E-state index is 5.75. The van der Waals surface area contributed by atoms with Crippen LogP contribution in [0.2, 0.25) is 0 Å². The first-order valence-electron chi connectivity index (χ1n) is 6.17. The number of rotatable bonds is 5. The first-order chi connectivity index (χ1) is 8.50. The molecule has 0 unspecified atom stereocenters. The molecular formula is C13H22ClN5. The topological polar surface area (TPSA) is 59.5 Å². The van der Waals surface area contributed by atoms with Crippen LogP contribution < -0.4 is 5.73 Å². The summed E-state index contributed by atoms with van der Waals surface area (Å²) in [5, 5.41) is 0. The average Bonchev–Trinajstić information content (AvgIpc) is 2.70. The highest BCUT2D eigenvalue weighted by atomic mass is 35.5. The molecule has 0 bridgehead atoms. The first-order valence-corrected chi connectivity index (χ1v) is 6.17. The molecule has 0 radical (unpaired) electrons. The lowest BCUT2D eigenvalue weighted by Crippen LogP contribution is -2.36. The van der Waals surface area contributed by atoms with Crippen molar-refractivity contribution in [3.8, 4) is 0 Å². The molecule has 2 rings (SSSR count). The Kier molecular flexibility index (Phi) is 5.29. The molecule has 5 nitrogen and oxygen atoms in total. The second-order valence-electron chi connectivity index (χ2n) is 5.60. The predicted octanol–water partition coefficient (Wildman–Crippen LogP) is 1.57. The summed E-state index contributed by atoms with van der Waals surface area (Å²) in [4.78, 5) is 10.9. The molecule has 0 saturated carbocycles. The van der Waals surface area contributed by atoms with E-state index in [0.29, 0.717) is 6.54 Å². The number of nitrogens with two attached hydrogens (primary N) is 1.